The van der Waals surface area contributed by atoms with E-state index in [1.165, 1.54) is 12.8 Å². The lowest BCUT2D eigenvalue weighted by Crippen LogP contribution is -2.29. The second-order valence-corrected chi connectivity index (χ2v) is 15.5. The van der Waals surface area contributed by atoms with E-state index >= 15 is 0 Å². The Morgan fingerprint density at radius 3 is 1.72 bits per heavy atom. The molecule has 1 unspecified atom stereocenters. The number of ketones is 1. The number of ether oxygens (including phenoxy) is 2. The normalized spacial score (nSPS) is 14.6. The molecule has 0 aliphatic heterocycles. The van der Waals surface area contributed by atoms with E-state index in [2.05, 4.69) is 85.2 Å². The summed E-state index contributed by atoms with van der Waals surface area (Å²) >= 11 is 0. The molecule has 330 valence electrons. The molecule has 0 aliphatic rings. The minimum absolute atomic E-state index is 0.102. The van der Waals surface area contributed by atoms with E-state index in [-0.39, 0.29) is 25.2 Å². The fraction of sp³-hybridized carbons (Fsp3) is 0.630. The number of hydrogen-bond donors (Lipinski definition) is 3. The third kappa shape index (κ3) is 39.6. The second-order valence-electron chi connectivity index (χ2n) is 14.0. The Kier molecular flexibility index (Phi) is 38.4. The van der Waals surface area contributed by atoms with Crippen LogP contribution in [0.1, 0.15) is 149 Å². The number of aliphatic hydroxyl groups excluding tert-OH is 2. The van der Waals surface area contributed by atoms with Gasteiger partial charge in [-0.3, -0.25) is 23.4 Å². The SMILES string of the molecule is CC/C=C\C/C=C\C/C=C\C/C=C\C/C=C\CCCCCC(=O)O[C@H](COC(=O)CCCCCCCC(=O)/C=C/C=C\CCCCC)COP(=O)(O)OC[C@@H](O)CO. The van der Waals surface area contributed by atoms with Gasteiger partial charge in [0.2, 0.25) is 0 Å². The standard InChI is InChI=1S/C46H75O11P/c1-3-5-7-9-11-12-13-14-15-16-17-18-19-20-21-22-24-28-33-37-46(51)57-44(41-56-58(52,53)55-39-43(49)38-47)40-54-45(50)36-32-29-25-27-31-35-42(48)34-30-26-23-10-8-6-4-2/h5,7,11-12,14-15,17-18,20-21,23,26,30,34,43-44,47,49H,3-4,6,8-10,13,16,19,22,24-25,27-29,31-33,35-41H2,1-2H3,(H,52,53)/b7-5-,12-11-,15-14-,18-17-,21-20-,26-23-,34-30+/t43-,44+/m0/s1. The van der Waals surface area contributed by atoms with Crippen molar-refractivity contribution in [1.82, 2.24) is 0 Å². The van der Waals surface area contributed by atoms with Crippen molar-refractivity contribution in [3.63, 3.8) is 0 Å². The Balaban J connectivity index is 4.47. The van der Waals surface area contributed by atoms with Gasteiger partial charge >= 0.3 is 19.8 Å². The van der Waals surface area contributed by atoms with Crippen molar-refractivity contribution >= 4 is 25.5 Å². The van der Waals surface area contributed by atoms with Crippen molar-refractivity contribution in [2.24, 2.45) is 0 Å². The molecule has 0 fully saturated rings. The monoisotopic (exact) mass is 835 g/mol. The summed E-state index contributed by atoms with van der Waals surface area (Å²) in [5, 5.41) is 18.3. The Bertz CT molecular complexity index is 1300. The molecule has 0 rings (SSSR count). The summed E-state index contributed by atoms with van der Waals surface area (Å²) in [6, 6.07) is 0. The average Bonchev–Trinajstić information content (AvgIpc) is 3.21. The number of rotatable bonds is 39. The zero-order chi connectivity index (χ0) is 42.8. The maximum Gasteiger partial charge on any atom is 0.472 e. The molecule has 0 aromatic heterocycles. The zero-order valence-electron chi connectivity index (χ0n) is 35.5. The highest BCUT2D eigenvalue weighted by atomic mass is 31.2. The minimum atomic E-state index is -4.66. The van der Waals surface area contributed by atoms with Crippen molar-refractivity contribution in [3.05, 3.63) is 85.1 Å². The first-order chi connectivity index (χ1) is 28.1. The van der Waals surface area contributed by atoms with Crippen molar-refractivity contribution in [1.29, 1.82) is 0 Å². The van der Waals surface area contributed by atoms with Gasteiger partial charge in [-0.2, -0.15) is 0 Å². The van der Waals surface area contributed by atoms with Gasteiger partial charge in [-0.1, -0.05) is 131 Å². The van der Waals surface area contributed by atoms with Crippen molar-refractivity contribution in [3.8, 4) is 0 Å². The van der Waals surface area contributed by atoms with Crippen LogP contribution in [0, 0.1) is 0 Å². The van der Waals surface area contributed by atoms with Gasteiger partial charge in [-0.05, 0) is 83.1 Å². The van der Waals surface area contributed by atoms with Gasteiger partial charge in [0.25, 0.3) is 0 Å². The highest BCUT2D eigenvalue weighted by molar-refractivity contribution is 7.47. The number of aliphatic hydroxyl groups is 2. The summed E-state index contributed by atoms with van der Waals surface area (Å²) in [6.07, 6.45) is 43.7. The van der Waals surface area contributed by atoms with Crippen LogP contribution < -0.4 is 0 Å². The largest absolute Gasteiger partial charge is 0.472 e. The number of hydrogen-bond acceptors (Lipinski definition) is 10. The van der Waals surface area contributed by atoms with E-state index in [9.17, 15) is 28.9 Å². The lowest BCUT2D eigenvalue weighted by molar-refractivity contribution is -0.161. The molecule has 0 aromatic rings. The predicted molar refractivity (Wildman–Crippen MR) is 233 cm³/mol. The first-order valence-corrected chi connectivity index (χ1v) is 23.0. The maximum absolute atomic E-state index is 12.6. The van der Waals surface area contributed by atoms with Gasteiger partial charge in [0.1, 0.15) is 12.7 Å². The lowest BCUT2D eigenvalue weighted by atomic mass is 10.1. The Labute approximate surface area is 349 Å². The fourth-order valence-electron chi connectivity index (χ4n) is 5.18. The van der Waals surface area contributed by atoms with Crippen LogP contribution >= 0.6 is 7.82 Å². The van der Waals surface area contributed by atoms with E-state index in [0.29, 0.717) is 19.3 Å². The predicted octanol–water partition coefficient (Wildman–Crippen LogP) is 10.6. The average molecular weight is 835 g/mol. The summed E-state index contributed by atoms with van der Waals surface area (Å²) in [6.45, 7) is 2.02. The third-order valence-corrected chi connectivity index (χ3v) is 9.46. The molecule has 3 atom stereocenters. The number of esters is 2. The van der Waals surface area contributed by atoms with Crippen LogP contribution in [-0.2, 0) is 37.5 Å². The van der Waals surface area contributed by atoms with Crippen LogP contribution in [0.25, 0.3) is 0 Å². The van der Waals surface area contributed by atoms with Crippen LogP contribution in [0.3, 0.4) is 0 Å². The van der Waals surface area contributed by atoms with Gasteiger partial charge in [-0.15, -0.1) is 0 Å². The summed E-state index contributed by atoms with van der Waals surface area (Å²) in [7, 11) is -4.66. The summed E-state index contributed by atoms with van der Waals surface area (Å²) in [4.78, 5) is 47.0. The molecule has 11 nitrogen and oxygen atoms in total. The highest BCUT2D eigenvalue weighted by Crippen LogP contribution is 2.43. The maximum atomic E-state index is 12.6. The molecule has 12 heteroatoms. The van der Waals surface area contributed by atoms with E-state index in [1.807, 2.05) is 6.08 Å². The van der Waals surface area contributed by atoms with Gasteiger partial charge in [-0.25, -0.2) is 4.57 Å². The van der Waals surface area contributed by atoms with Crippen molar-refractivity contribution in [2.45, 2.75) is 161 Å². The molecule has 0 heterocycles. The van der Waals surface area contributed by atoms with Gasteiger partial charge < -0.3 is 24.6 Å². The third-order valence-electron chi connectivity index (χ3n) is 8.51. The molecule has 0 saturated carbocycles. The molecule has 0 aliphatic carbocycles. The Morgan fingerprint density at radius 2 is 1.10 bits per heavy atom. The molecule has 58 heavy (non-hydrogen) atoms. The molecule has 0 radical (unpaired) electrons. The highest BCUT2D eigenvalue weighted by Gasteiger charge is 2.27. The van der Waals surface area contributed by atoms with Gasteiger partial charge in [0.05, 0.1) is 19.8 Å². The van der Waals surface area contributed by atoms with Crippen LogP contribution in [0.4, 0.5) is 0 Å². The smallest absolute Gasteiger partial charge is 0.462 e. The lowest BCUT2D eigenvalue weighted by Gasteiger charge is -2.20. The molecule has 0 bridgehead atoms. The van der Waals surface area contributed by atoms with Crippen LogP contribution in [0.5, 0.6) is 0 Å². The molecular formula is C46H75O11P. The molecule has 3 N–H and O–H groups in total. The number of unbranched alkanes of at least 4 members (excludes halogenated alkanes) is 10. The first kappa shape index (κ1) is 54.8. The number of carbonyl (C=O) groups is 3. The van der Waals surface area contributed by atoms with Gasteiger partial charge in [0.15, 0.2) is 11.9 Å². The number of carbonyl (C=O) groups excluding carboxylic acids is 3. The second kappa shape index (κ2) is 40.6. The van der Waals surface area contributed by atoms with E-state index in [1.54, 1.807) is 12.2 Å². The number of phosphoric acid groups is 1. The molecular weight excluding hydrogens is 759 g/mol. The van der Waals surface area contributed by atoms with E-state index in [4.69, 9.17) is 19.1 Å². The van der Waals surface area contributed by atoms with Crippen LogP contribution in [-0.4, -0.2) is 71.5 Å². The Morgan fingerprint density at radius 1 is 0.586 bits per heavy atom. The molecule has 0 aromatic carbocycles. The molecule has 0 saturated heterocycles. The van der Waals surface area contributed by atoms with Crippen molar-refractivity contribution < 1.29 is 52.6 Å². The quantitative estimate of drug-likeness (QED) is 0.0135. The van der Waals surface area contributed by atoms with Crippen LogP contribution in [0.2, 0.25) is 0 Å². The fourth-order valence-corrected chi connectivity index (χ4v) is 5.97. The number of allylic oxidation sites excluding steroid dienone is 14. The Hall–Kier alpha value is -3.18. The van der Waals surface area contributed by atoms with Crippen molar-refractivity contribution in [2.75, 3.05) is 26.4 Å². The van der Waals surface area contributed by atoms with E-state index in [0.717, 1.165) is 89.9 Å². The van der Waals surface area contributed by atoms with Gasteiger partial charge in [0, 0.05) is 19.3 Å². The first-order valence-electron chi connectivity index (χ1n) is 21.5. The van der Waals surface area contributed by atoms with E-state index < -0.39 is 51.8 Å². The summed E-state index contributed by atoms with van der Waals surface area (Å²) < 4.78 is 32.6. The summed E-state index contributed by atoms with van der Waals surface area (Å²) in [5.74, 6) is -0.962. The topological polar surface area (TPSA) is 166 Å². The molecule has 0 amide bonds. The summed E-state index contributed by atoms with van der Waals surface area (Å²) in [5.41, 5.74) is 0. The minimum Gasteiger partial charge on any atom is -0.462 e. The molecule has 0 spiro atoms. The number of phosphoric ester groups is 1. The van der Waals surface area contributed by atoms with Crippen LogP contribution in [0.15, 0.2) is 85.1 Å². The zero-order valence-corrected chi connectivity index (χ0v) is 36.4.